The molecule has 0 aromatic carbocycles. The monoisotopic (exact) mass is 316 g/mol. The van der Waals surface area contributed by atoms with Gasteiger partial charge in [-0.25, -0.2) is 0 Å². The lowest BCUT2D eigenvalue weighted by Crippen LogP contribution is -2.38. The maximum absolute atomic E-state index is 10.4. The quantitative estimate of drug-likeness (QED) is 0.785. The molecule has 3 saturated carbocycles. The Bertz CT molecular complexity index is 530. The molecule has 0 aromatic rings. The molecule has 3 aliphatic carbocycles. The number of hydrogen-bond donors (Lipinski definition) is 2. The minimum atomic E-state index is -0.219. The smallest absolute Gasteiger partial charge is 0.0583 e. The highest BCUT2D eigenvalue weighted by Gasteiger charge is 2.50. The molecule has 2 nitrogen and oxygen atoms in total. The topological polar surface area (TPSA) is 40.5 Å². The minimum absolute atomic E-state index is 0.201. The minimum Gasteiger partial charge on any atom is -0.393 e. The second-order valence-corrected chi connectivity index (χ2v) is 8.24. The fraction of sp³-hybridized carbons (Fsp3) is 0.714. The molecular weight excluding hydrogens is 284 g/mol. The molecule has 0 heterocycles. The number of aliphatic hydroxyl groups is 2. The van der Waals surface area contributed by atoms with Crippen molar-refractivity contribution in [1.29, 1.82) is 0 Å². The molecule has 3 aliphatic rings. The van der Waals surface area contributed by atoms with E-state index >= 15 is 0 Å². The lowest BCUT2D eigenvalue weighted by atomic mass is 9.62. The first-order valence-electron chi connectivity index (χ1n) is 9.38. The molecule has 0 aliphatic heterocycles. The molecule has 0 radical (unpaired) electrons. The Labute approximate surface area is 141 Å². The van der Waals surface area contributed by atoms with Gasteiger partial charge < -0.3 is 10.2 Å². The molecule has 3 fully saturated rings. The summed E-state index contributed by atoms with van der Waals surface area (Å²) in [7, 11) is 0. The van der Waals surface area contributed by atoms with Crippen LogP contribution < -0.4 is 0 Å². The Morgan fingerprint density at radius 2 is 1.91 bits per heavy atom. The van der Waals surface area contributed by atoms with Gasteiger partial charge >= 0.3 is 0 Å². The third-order valence-electron chi connectivity index (χ3n) is 6.81. The zero-order valence-electron chi connectivity index (χ0n) is 14.7. The van der Waals surface area contributed by atoms with Gasteiger partial charge in [0.25, 0.3) is 0 Å². The van der Waals surface area contributed by atoms with Crippen molar-refractivity contribution in [3.8, 4) is 0 Å². The highest BCUT2D eigenvalue weighted by atomic mass is 16.3. The van der Waals surface area contributed by atoms with Crippen LogP contribution in [0.3, 0.4) is 0 Å². The van der Waals surface area contributed by atoms with Crippen molar-refractivity contribution in [3.05, 3.63) is 35.5 Å². The molecule has 3 rings (SSSR count). The van der Waals surface area contributed by atoms with Crippen LogP contribution in [0.5, 0.6) is 0 Å². The van der Waals surface area contributed by atoms with E-state index in [4.69, 9.17) is 0 Å². The summed E-state index contributed by atoms with van der Waals surface area (Å²) in [6.45, 7) is 8.84. The fourth-order valence-electron chi connectivity index (χ4n) is 5.47. The number of hydrogen-bond acceptors (Lipinski definition) is 2. The molecule has 128 valence electrons. The first-order valence-corrected chi connectivity index (χ1v) is 9.38. The van der Waals surface area contributed by atoms with Gasteiger partial charge in [0, 0.05) is 0 Å². The SMILES string of the molecule is C=C1CC[C@@H](O)CC1=CC=C1C[C@@H](O)C[C@]2(C)[C@@H](CC)CC[C@@H]12. The molecule has 0 unspecified atom stereocenters. The van der Waals surface area contributed by atoms with E-state index in [9.17, 15) is 10.2 Å². The first-order chi connectivity index (χ1) is 10.9. The van der Waals surface area contributed by atoms with E-state index in [2.05, 4.69) is 32.6 Å². The fourth-order valence-corrected chi connectivity index (χ4v) is 5.47. The van der Waals surface area contributed by atoms with Gasteiger partial charge in [-0.2, -0.15) is 0 Å². The van der Waals surface area contributed by atoms with Crippen LogP contribution in [0.25, 0.3) is 0 Å². The first kappa shape index (κ1) is 17.0. The average Bonchev–Trinajstić information content (AvgIpc) is 2.83. The lowest BCUT2D eigenvalue weighted by Gasteiger charge is -2.44. The van der Waals surface area contributed by atoms with Crippen LogP contribution in [0.1, 0.15) is 65.2 Å². The Hall–Kier alpha value is -0.860. The van der Waals surface area contributed by atoms with Crippen molar-refractivity contribution < 1.29 is 10.2 Å². The summed E-state index contributed by atoms with van der Waals surface area (Å²) in [5.41, 5.74) is 4.05. The standard InChI is InChI=1S/C21H32O2/c1-4-17-8-10-20-16(12-19(23)13-21(17,20)3)7-6-15-11-18(22)9-5-14(15)2/h6-7,17-20,22-23H,2,4-5,8-13H2,1,3H3/t17-,18+,19+,20-,21+/m0/s1. The average molecular weight is 316 g/mol. The number of fused-ring (bicyclic) bond motifs is 1. The van der Waals surface area contributed by atoms with E-state index in [0.717, 1.165) is 38.0 Å². The highest BCUT2D eigenvalue weighted by molar-refractivity contribution is 5.36. The molecule has 2 heteroatoms. The van der Waals surface area contributed by atoms with Gasteiger partial charge in [0.15, 0.2) is 0 Å². The van der Waals surface area contributed by atoms with Crippen molar-refractivity contribution in [3.63, 3.8) is 0 Å². The predicted octanol–water partition coefficient (Wildman–Crippen LogP) is 4.54. The van der Waals surface area contributed by atoms with E-state index in [1.54, 1.807) is 0 Å². The molecule has 0 spiro atoms. The van der Waals surface area contributed by atoms with Gasteiger partial charge in [-0.1, -0.05) is 50.1 Å². The summed E-state index contributed by atoms with van der Waals surface area (Å²) >= 11 is 0. The molecular formula is C21H32O2. The van der Waals surface area contributed by atoms with Crippen molar-refractivity contribution in [1.82, 2.24) is 0 Å². The van der Waals surface area contributed by atoms with Crippen LogP contribution >= 0.6 is 0 Å². The van der Waals surface area contributed by atoms with Crippen LogP contribution in [0.4, 0.5) is 0 Å². The van der Waals surface area contributed by atoms with Crippen LogP contribution in [-0.2, 0) is 0 Å². The highest BCUT2D eigenvalue weighted by Crippen LogP contribution is 2.58. The molecule has 23 heavy (non-hydrogen) atoms. The van der Waals surface area contributed by atoms with Crippen molar-refractivity contribution in [2.75, 3.05) is 0 Å². The maximum atomic E-state index is 10.4. The molecule has 0 aromatic heterocycles. The normalized spacial score (nSPS) is 44.8. The van der Waals surface area contributed by atoms with Gasteiger partial charge in [-0.15, -0.1) is 0 Å². The predicted molar refractivity (Wildman–Crippen MR) is 95.0 cm³/mol. The zero-order valence-corrected chi connectivity index (χ0v) is 14.7. The third-order valence-corrected chi connectivity index (χ3v) is 6.81. The summed E-state index contributed by atoms with van der Waals surface area (Å²) in [6, 6.07) is 0. The summed E-state index contributed by atoms with van der Waals surface area (Å²) in [5.74, 6) is 1.36. The Morgan fingerprint density at radius 3 is 2.65 bits per heavy atom. The Balaban J connectivity index is 1.85. The van der Waals surface area contributed by atoms with Gasteiger partial charge in [0.1, 0.15) is 0 Å². The van der Waals surface area contributed by atoms with Crippen LogP contribution in [0, 0.1) is 17.3 Å². The van der Waals surface area contributed by atoms with E-state index in [0.29, 0.717) is 5.92 Å². The summed E-state index contributed by atoms with van der Waals surface area (Å²) < 4.78 is 0. The van der Waals surface area contributed by atoms with Gasteiger partial charge in [0.05, 0.1) is 12.2 Å². The third kappa shape index (κ3) is 3.21. The van der Waals surface area contributed by atoms with Crippen molar-refractivity contribution >= 4 is 0 Å². The van der Waals surface area contributed by atoms with Crippen LogP contribution in [0.15, 0.2) is 35.5 Å². The largest absolute Gasteiger partial charge is 0.393 e. The summed E-state index contributed by atoms with van der Waals surface area (Å²) in [4.78, 5) is 0. The van der Waals surface area contributed by atoms with Crippen molar-refractivity contribution in [2.45, 2.75) is 77.4 Å². The van der Waals surface area contributed by atoms with Gasteiger partial charge in [-0.05, 0) is 67.8 Å². The number of rotatable bonds is 2. The zero-order chi connectivity index (χ0) is 16.6. The summed E-state index contributed by atoms with van der Waals surface area (Å²) in [6.07, 6.45) is 12.0. The molecule has 0 amide bonds. The molecule has 5 atom stereocenters. The van der Waals surface area contributed by atoms with E-state index in [1.807, 2.05) is 0 Å². The van der Waals surface area contributed by atoms with E-state index in [1.165, 1.54) is 36.0 Å². The molecule has 0 bridgehead atoms. The van der Waals surface area contributed by atoms with E-state index < -0.39 is 0 Å². The lowest BCUT2D eigenvalue weighted by molar-refractivity contribution is 0.0326. The van der Waals surface area contributed by atoms with Crippen molar-refractivity contribution in [2.24, 2.45) is 17.3 Å². The molecule has 2 N–H and O–H groups in total. The Morgan fingerprint density at radius 1 is 1.13 bits per heavy atom. The maximum Gasteiger partial charge on any atom is 0.0583 e. The number of aliphatic hydroxyl groups excluding tert-OH is 2. The van der Waals surface area contributed by atoms with E-state index in [-0.39, 0.29) is 17.6 Å². The van der Waals surface area contributed by atoms with Crippen LogP contribution in [-0.4, -0.2) is 22.4 Å². The molecule has 0 saturated heterocycles. The van der Waals surface area contributed by atoms with Crippen LogP contribution in [0.2, 0.25) is 0 Å². The Kier molecular flexibility index (Phi) is 4.85. The van der Waals surface area contributed by atoms with Gasteiger partial charge in [0.2, 0.25) is 0 Å². The summed E-state index contributed by atoms with van der Waals surface area (Å²) in [5, 5.41) is 20.3. The number of allylic oxidation sites excluding steroid dienone is 3. The second-order valence-electron chi connectivity index (χ2n) is 8.24. The second kappa shape index (κ2) is 6.57. The van der Waals surface area contributed by atoms with Gasteiger partial charge in [-0.3, -0.25) is 0 Å².